The second-order valence-electron chi connectivity index (χ2n) is 7.08. The molecule has 0 bridgehead atoms. The number of piperidine rings is 1. The molecule has 1 saturated heterocycles. The summed E-state index contributed by atoms with van der Waals surface area (Å²) in [5.74, 6) is -0.301. The fourth-order valence-electron chi connectivity index (χ4n) is 3.53. The predicted octanol–water partition coefficient (Wildman–Crippen LogP) is 2.06. The molecule has 2 atom stereocenters. The summed E-state index contributed by atoms with van der Waals surface area (Å²) in [4.78, 5) is 16.6. The van der Waals surface area contributed by atoms with Gasteiger partial charge in [-0.2, -0.15) is 0 Å². The van der Waals surface area contributed by atoms with Crippen LogP contribution in [0.2, 0.25) is 5.02 Å². The maximum absolute atomic E-state index is 14.0. The molecular weight excluding hydrogens is 359 g/mol. The van der Waals surface area contributed by atoms with Crippen molar-refractivity contribution in [1.29, 1.82) is 0 Å². The second kappa shape index (κ2) is 10.2. The van der Waals surface area contributed by atoms with Crippen LogP contribution in [-0.2, 0) is 16.0 Å². The lowest BCUT2D eigenvalue weighted by atomic mass is 9.89. The number of rotatable bonds is 8. The molecule has 0 radical (unpaired) electrons. The Morgan fingerprint density at radius 2 is 2.15 bits per heavy atom. The van der Waals surface area contributed by atoms with Gasteiger partial charge in [-0.25, -0.2) is 4.39 Å². The number of carbonyl (C=O) groups is 1. The van der Waals surface area contributed by atoms with Crippen LogP contribution in [0.5, 0.6) is 0 Å². The number of likely N-dealkylation sites (N-methyl/N-ethyl adjacent to an activating group) is 1. The van der Waals surface area contributed by atoms with E-state index in [1.165, 1.54) is 12.1 Å². The molecule has 2 rings (SSSR count). The van der Waals surface area contributed by atoms with Crippen LogP contribution in [0.4, 0.5) is 4.39 Å². The number of benzene rings is 1. The first-order valence-electron chi connectivity index (χ1n) is 8.93. The van der Waals surface area contributed by atoms with Gasteiger partial charge in [-0.1, -0.05) is 17.7 Å². The van der Waals surface area contributed by atoms with E-state index in [0.717, 1.165) is 19.5 Å². The first-order valence-corrected chi connectivity index (χ1v) is 9.31. The number of nitrogens with zero attached hydrogens (tertiary/aromatic N) is 2. The third-order valence-corrected chi connectivity index (χ3v) is 5.23. The van der Waals surface area contributed by atoms with E-state index in [4.69, 9.17) is 16.3 Å². The summed E-state index contributed by atoms with van der Waals surface area (Å²) in [6, 6.07) is 4.43. The third-order valence-electron chi connectivity index (χ3n) is 4.87. The number of aliphatic hydroxyl groups excluding tert-OH is 1. The van der Waals surface area contributed by atoms with E-state index in [1.807, 2.05) is 7.05 Å². The molecule has 26 heavy (non-hydrogen) atoms. The molecule has 0 saturated carbocycles. The van der Waals surface area contributed by atoms with Crippen LogP contribution in [0.3, 0.4) is 0 Å². The molecular formula is C19H28ClFN2O3. The minimum atomic E-state index is -0.461. The highest BCUT2D eigenvalue weighted by Gasteiger charge is 2.30. The van der Waals surface area contributed by atoms with Crippen molar-refractivity contribution in [3.05, 3.63) is 34.6 Å². The van der Waals surface area contributed by atoms with E-state index >= 15 is 0 Å². The topological polar surface area (TPSA) is 53.0 Å². The van der Waals surface area contributed by atoms with Crippen LogP contribution >= 0.6 is 11.6 Å². The molecule has 1 N–H and O–H groups in total. The van der Waals surface area contributed by atoms with Crippen LogP contribution in [0.25, 0.3) is 0 Å². The molecule has 1 aromatic rings. The van der Waals surface area contributed by atoms with E-state index in [0.29, 0.717) is 19.7 Å². The number of carbonyl (C=O) groups excluding carboxylic acids is 1. The SMILES string of the molecule is COCCN(C)C[C@H]1C[C@H](CO)CN(C(=O)Cc2c(F)cccc2Cl)C1. The zero-order chi connectivity index (χ0) is 19.1. The molecule has 1 amide bonds. The van der Waals surface area contributed by atoms with E-state index in [-0.39, 0.29) is 41.4 Å². The molecule has 5 nitrogen and oxygen atoms in total. The number of likely N-dealkylation sites (tertiary alicyclic amines) is 1. The first kappa shape index (κ1) is 21.1. The van der Waals surface area contributed by atoms with Gasteiger partial charge in [0, 0.05) is 50.5 Å². The summed E-state index contributed by atoms with van der Waals surface area (Å²) >= 11 is 6.05. The largest absolute Gasteiger partial charge is 0.396 e. The number of methoxy groups -OCH3 is 1. The highest BCUT2D eigenvalue weighted by Crippen LogP contribution is 2.25. The van der Waals surface area contributed by atoms with Crippen molar-refractivity contribution >= 4 is 17.5 Å². The van der Waals surface area contributed by atoms with Crippen LogP contribution in [0.1, 0.15) is 12.0 Å². The van der Waals surface area contributed by atoms with Gasteiger partial charge in [0.1, 0.15) is 5.82 Å². The highest BCUT2D eigenvalue weighted by atomic mass is 35.5. The van der Waals surface area contributed by atoms with E-state index < -0.39 is 5.82 Å². The number of aliphatic hydroxyl groups is 1. The van der Waals surface area contributed by atoms with Crippen LogP contribution in [0, 0.1) is 17.7 Å². The smallest absolute Gasteiger partial charge is 0.227 e. The van der Waals surface area contributed by atoms with Gasteiger partial charge in [0.25, 0.3) is 0 Å². The van der Waals surface area contributed by atoms with Gasteiger partial charge in [-0.15, -0.1) is 0 Å². The van der Waals surface area contributed by atoms with Crippen LogP contribution < -0.4 is 0 Å². The van der Waals surface area contributed by atoms with E-state index in [9.17, 15) is 14.3 Å². The summed E-state index contributed by atoms with van der Waals surface area (Å²) in [6.45, 7) is 3.45. The molecule has 1 aliphatic heterocycles. The Bertz CT molecular complexity index is 582. The molecule has 146 valence electrons. The molecule has 0 aromatic heterocycles. The summed E-state index contributed by atoms with van der Waals surface area (Å²) in [5.41, 5.74) is 0.235. The quantitative estimate of drug-likeness (QED) is 0.743. The van der Waals surface area contributed by atoms with Gasteiger partial charge < -0.3 is 19.6 Å². The Morgan fingerprint density at radius 1 is 1.42 bits per heavy atom. The average Bonchev–Trinajstić information content (AvgIpc) is 2.62. The van der Waals surface area contributed by atoms with Gasteiger partial charge in [-0.05, 0) is 37.4 Å². The monoisotopic (exact) mass is 386 g/mol. The van der Waals surface area contributed by atoms with Crippen molar-refractivity contribution in [2.45, 2.75) is 12.8 Å². The van der Waals surface area contributed by atoms with Crippen LogP contribution in [-0.4, -0.2) is 74.4 Å². The predicted molar refractivity (Wildman–Crippen MR) is 99.7 cm³/mol. The maximum atomic E-state index is 14.0. The fourth-order valence-corrected chi connectivity index (χ4v) is 3.76. The Balaban J connectivity index is 2.01. The van der Waals surface area contributed by atoms with Gasteiger partial charge >= 0.3 is 0 Å². The molecule has 1 aromatic carbocycles. The third kappa shape index (κ3) is 5.91. The molecule has 0 aliphatic carbocycles. The van der Waals surface area contributed by atoms with Gasteiger partial charge in [-0.3, -0.25) is 4.79 Å². The van der Waals surface area contributed by atoms with Gasteiger partial charge in [0.2, 0.25) is 5.91 Å². The number of amides is 1. The highest BCUT2D eigenvalue weighted by molar-refractivity contribution is 6.31. The molecule has 1 aliphatic rings. The Labute approximate surface area is 159 Å². The Hall–Kier alpha value is -1.21. The molecule has 0 spiro atoms. The normalized spacial score (nSPS) is 20.6. The first-order chi connectivity index (χ1) is 12.4. The summed E-state index contributed by atoms with van der Waals surface area (Å²) in [6.07, 6.45) is 0.813. The van der Waals surface area contributed by atoms with Crippen molar-refractivity contribution in [3.8, 4) is 0 Å². The van der Waals surface area contributed by atoms with Crippen molar-refractivity contribution in [1.82, 2.24) is 9.80 Å². The van der Waals surface area contributed by atoms with Crippen molar-refractivity contribution in [2.24, 2.45) is 11.8 Å². The lowest BCUT2D eigenvalue weighted by molar-refractivity contribution is -0.134. The lowest BCUT2D eigenvalue weighted by Crippen LogP contribution is -2.48. The number of halogens is 2. The molecule has 0 unspecified atom stereocenters. The summed E-state index contributed by atoms with van der Waals surface area (Å²) in [5, 5.41) is 9.88. The molecule has 7 heteroatoms. The number of hydrogen-bond acceptors (Lipinski definition) is 4. The van der Waals surface area contributed by atoms with Crippen molar-refractivity contribution in [3.63, 3.8) is 0 Å². The number of hydrogen-bond donors (Lipinski definition) is 1. The second-order valence-corrected chi connectivity index (χ2v) is 7.49. The van der Waals surface area contributed by atoms with Crippen molar-refractivity contribution < 1.29 is 19.0 Å². The Kier molecular flexibility index (Phi) is 8.28. The minimum Gasteiger partial charge on any atom is -0.396 e. The van der Waals surface area contributed by atoms with Crippen molar-refractivity contribution in [2.75, 3.05) is 53.6 Å². The zero-order valence-corrected chi connectivity index (χ0v) is 16.2. The summed E-state index contributed by atoms with van der Waals surface area (Å²) in [7, 11) is 3.69. The van der Waals surface area contributed by atoms with E-state index in [2.05, 4.69) is 4.90 Å². The number of ether oxygens (including phenoxy) is 1. The zero-order valence-electron chi connectivity index (χ0n) is 15.5. The fraction of sp³-hybridized carbons (Fsp3) is 0.632. The Morgan fingerprint density at radius 3 is 2.81 bits per heavy atom. The summed E-state index contributed by atoms with van der Waals surface area (Å²) < 4.78 is 19.1. The lowest BCUT2D eigenvalue weighted by Gasteiger charge is -2.38. The average molecular weight is 387 g/mol. The standard InChI is InChI=1S/C19H28ClFN2O3/c1-22(6-7-26-2)10-14-8-15(13-24)12-23(11-14)19(25)9-16-17(20)4-3-5-18(16)21/h3-5,14-15,24H,6-13H2,1-2H3/t14-,15+/m1/s1. The van der Waals surface area contributed by atoms with E-state index in [1.54, 1.807) is 18.1 Å². The molecule has 1 heterocycles. The molecule has 1 fully saturated rings. The maximum Gasteiger partial charge on any atom is 0.227 e. The minimum absolute atomic E-state index is 0.0442. The van der Waals surface area contributed by atoms with Gasteiger partial charge in [0.05, 0.1) is 13.0 Å². The van der Waals surface area contributed by atoms with Gasteiger partial charge in [0.15, 0.2) is 0 Å². The van der Waals surface area contributed by atoms with Crippen LogP contribution in [0.15, 0.2) is 18.2 Å².